The lowest BCUT2D eigenvalue weighted by molar-refractivity contribution is -0.138. The zero-order valence-electron chi connectivity index (χ0n) is 18.5. The molecule has 1 aromatic carbocycles. The highest BCUT2D eigenvalue weighted by Gasteiger charge is 2.22. The Morgan fingerprint density at radius 1 is 1.06 bits per heavy atom. The van der Waals surface area contributed by atoms with Crippen LogP contribution in [0.4, 0.5) is 17.5 Å². The molecule has 0 radical (unpaired) electrons. The van der Waals surface area contributed by atoms with Crippen molar-refractivity contribution in [2.45, 2.75) is 38.8 Å². The Hall–Kier alpha value is -4.13. The lowest BCUT2D eigenvalue weighted by Crippen LogP contribution is -2.28. The van der Waals surface area contributed by atoms with E-state index >= 15 is 0 Å². The van der Waals surface area contributed by atoms with E-state index in [1.807, 2.05) is 0 Å². The Kier molecular flexibility index (Phi) is 6.92. The largest absolute Gasteiger partial charge is 0.480 e. The number of tetrazole rings is 1. The molecule has 1 aliphatic heterocycles. The number of nitrogens with one attached hydrogen (secondary N) is 1. The van der Waals surface area contributed by atoms with E-state index in [9.17, 15) is 9.59 Å². The highest BCUT2D eigenvalue weighted by atomic mass is 16.4. The van der Waals surface area contributed by atoms with E-state index in [4.69, 9.17) is 16.6 Å². The summed E-state index contributed by atoms with van der Waals surface area (Å²) in [5.41, 5.74) is 13.4. The predicted molar refractivity (Wildman–Crippen MR) is 123 cm³/mol. The number of rotatable bonds is 8. The van der Waals surface area contributed by atoms with Gasteiger partial charge in [0, 0.05) is 30.9 Å². The number of amides is 1. The Morgan fingerprint density at radius 3 is 2.38 bits per heavy atom. The second-order valence-corrected chi connectivity index (χ2v) is 7.90. The molecule has 1 saturated heterocycles. The van der Waals surface area contributed by atoms with E-state index in [0.717, 1.165) is 43.6 Å². The molecule has 13 nitrogen and oxygen atoms in total. The van der Waals surface area contributed by atoms with E-state index in [1.54, 1.807) is 24.3 Å². The third-order valence-electron chi connectivity index (χ3n) is 5.44. The summed E-state index contributed by atoms with van der Waals surface area (Å²) in [6.45, 7) is 1.35. The van der Waals surface area contributed by atoms with Crippen molar-refractivity contribution in [2.75, 3.05) is 23.3 Å². The second-order valence-electron chi connectivity index (χ2n) is 7.90. The Labute approximate surface area is 195 Å². The van der Waals surface area contributed by atoms with Crippen LogP contribution in [0.1, 0.15) is 41.7 Å². The minimum Gasteiger partial charge on any atom is -0.480 e. The second kappa shape index (κ2) is 10.2. The molecule has 0 bridgehead atoms. The predicted octanol–water partition coefficient (Wildman–Crippen LogP) is 0.896. The molecule has 1 fully saturated rings. The standard InChI is InChI=1S/C21H26N10O3/c22-11-15-17(18(23)34)20(26-21(25-15)30-9-3-1-2-4-10-30)24-14-7-5-13(6-8-14)19-27-29-31(28-19)12-16(32)33/h5-8H,1-4,9-12,22H2,(H2,23,34)(H,32,33)(H,24,25,26). The summed E-state index contributed by atoms with van der Waals surface area (Å²) < 4.78 is 0. The maximum atomic E-state index is 12.2. The summed E-state index contributed by atoms with van der Waals surface area (Å²) >= 11 is 0. The summed E-state index contributed by atoms with van der Waals surface area (Å²) in [5, 5.41) is 23.7. The van der Waals surface area contributed by atoms with E-state index in [-0.39, 0.29) is 18.7 Å². The van der Waals surface area contributed by atoms with E-state index in [0.29, 0.717) is 34.5 Å². The fourth-order valence-electron chi connectivity index (χ4n) is 3.79. The van der Waals surface area contributed by atoms with Gasteiger partial charge in [-0.25, -0.2) is 4.98 Å². The minimum absolute atomic E-state index is 0.0485. The van der Waals surface area contributed by atoms with E-state index in [2.05, 4.69) is 35.6 Å². The first kappa shape index (κ1) is 23.0. The Bertz CT molecular complexity index is 1170. The molecule has 2 aromatic heterocycles. The number of hydrogen-bond acceptors (Lipinski definition) is 10. The molecule has 1 amide bonds. The molecule has 4 rings (SSSR count). The Balaban J connectivity index is 1.61. The number of nitrogens with zero attached hydrogens (tertiary/aromatic N) is 7. The number of carboxylic acid groups (broad SMARTS) is 1. The summed E-state index contributed by atoms with van der Waals surface area (Å²) in [4.78, 5) is 35.3. The van der Waals surface area contributed by atoms with Crippen molar-refractivity contribution in [2.24, 2.45) is 11.5 Å². The van der Waals surface area contributed by atoms with Crippen molar-refractivity contribution in [3.8, 4) is 11.4 Å². The minimum atomic E-state index is -1.06. The molecule has 34 heavy (non-hydrogen) atoms. The summed E-state index contributed by atoms with van der Waals surface area (Å²) in [7, 11) is 0. The van der Waals surface area contributed by atoms with Gasteiger partial charge in [-0.15, -0.1) is 10.2 Å². The molecule has 0 unspecified atom stereocenters. The average molecular weight is 467 g/mol. The lowest BCUT2D eigenvalue weighted by Gasteiger charge is -2.23. The van der Waals surface area contributed by atoms with Crippen LogP contribution in [0, 0.1) is 0 Å². The highest BCUT2D eigenvalue weighted by molar-refractivity contribution is 5.99. The average Bonchev–Trinajstić information content (AvgIpc) is 3.10. The van der Waals surface area contributed by atoms with Crippen LogP contribution in [0.15, 0.2) is 24.3 Å². The van der Waals surface area contributed by atoms with Gasteiger partial charge in [0.15, 0.2) is 6.54 Å². The van der Waals surface area contributed by atoms with Crippen molar-refractivity contribution >= 4 is 29.3 Å². The fourth-order valence-corrected chi connectivity index (χ4v) is 3.79. The maximum absolute atomic E-state index is 12.2. The van der Waals surface area contributed by atoms with Crippen LogP contribution in [0.3, 0.4) is 0 Å². The van der Waals surface area contributed by atoms with Crippen LogP contribution in [0.2, 0.25) is 0 Å². The number of aliphatic carboxylic acids is 1. The van der Waals surface area contributed by atoms with Crippen LogP contribution in [-0.4, -0.2) is 60.2 Å². The van der Waals surface area contributed by atoms with Gasteiger partial charge in [0.2, 0.25) is 11.8 Å². The number of carbonyl (C=O) groups excluding carboxylic acids is 1. The zero-order valence-corrected chi connectivity index (χ0v) is 18.5. The molecular weight excluding hydrogens is 440 g/mol. The van der Waals surface area contributed by atoms with Gasteiger partial charge in [-0.05, 0) is 42.3 Å². The van der Waals surface area contributed by atoms with Crippen molar-refractivity contribution in [3.05, 3.63) is 35.5 Å². The van der Waals surface area contributed by atoms with Crippen LogP contribution >= 0.6 is 0 Å². The molecule has 13 heteroatoms. The van der Waals surface area contributed by atoms with Gasteiger partial charge in [-0.3, -0.25) is 9.59 Å². The lowest BCUT2D eigenvalue weighted by atomic mass is 10.1. The Morgan fingerprint density at radius 2 is 1.76 bits per heavy atom. The molecule has 0 atom stereocenters. The number of primary amides is 1. The number of anilines is 3. The molecule has 3 heterocycles. The smallest absolute Gasteiger partial charge is 0.327 e. The van der Waals surface area contributed by atoms with Gasteiger partial charge >= 0.3 is 5.97 Å². The molecular formula is C21H26N10O3. The molecule has 0 spiro atoms. The monoisotopic (exact) mass is 466 g/mol. The molecule has 0 saturated carbocycles. The number of carbonyl (C=O) groups is 2. The molecule has 178 valence electrons. The van der Waals surface area contributed by atoms with Gasteiger partial charge in [-0.2, -0.15) is 9.78 Å². The maximum Gasteiger partial charge on any atom is 0.327 e. The van der Waals surface area contributed by atoms with Crippen LogP contribution < -0.4 is 21.7 Å². The van der Waals surface area contributed by atoms with E-state index in [1.165, 1.54) is 0 Å². The molecule has 6 N–H and O–H groups in total. The first-order valence-electron chi connectivity index (χ1n) is 11.0. The first-order chi connectivity index (χ1) is 16.4. The quantitative estimate of drug-likeness (QED) is 0.368. The molecule has 3 aromatic rings. The fraction of sp³-hybridized carbons (Fsp3) is 0.381. The topological polar surface area (TPSA) is 191 Å². The van der Waals surface area contributed by atoms with Gasteiger partial charge in [0.05, 0.1) is 5.69 Å². The van der Waals surface area contributed by atoms with Gasteiger partial charge in [-0.1, -0.05) is 12.8 Å². The summed E-state index contributed by atoms with van der Waals surface area (Å²) in [6, 6.07) is 7.01. The number of aromatic nitrogens is 6. The van der Waals surface area contributed by atoms with Gasteiger partial charge in [0.1, 0.15) is 11.4 Å². The SMILES string of the molecule is NCc1nc(N2CCCCCC2)nc(Nc2ccc(-c3nnn(CC(=O)O)n3)cc2)c1C(N)=O. The first-order valence-corrected chi connectivity index (χ1v) is 11.0. The number of nitrogens with two attached hydrogens (primary N) is 2. The van der Waals surface area contributed by atoms with Gasteiger partial charge < -0.3 is 26.8 Å². The van der Waals surface area contributed by atoms with Crippen molar-refractivity contribution in [3.63, 3.8) is 0 Å². The number of hydrogen-bond donors (Lipinski definition) is 4. The normalized spacial score (nSPS) is 14.0. The highest BCUT2D eigenvalue weighted by Crippen LogP contribution is 2.26. The van der Waals surface area contributed by atoms with Gasteiger partial charge in [0.25, 0.3) is 5.91 Å². The molecule has 0 aliphatic carbocycles. The summed E-state index contributed by atoms with van der Waals surface area (Å²) in [6.07, 6.45) is 4.43. The number of benzene rings is 1. The zero-order chi connectivity index (χ0) is 24.1. The third-order valence-corrected chi connectivity index (χ3v) is 5.44. The van der Waals surface area contributed by atoms with Crippen LogP contribution in [-0.2, 0) is 17.9 Å². The van der Waals surface area contributed by atoms with Crippen molar-refractivity contribution in [1.29, 1.82) is 0 Å². The van der Waals surface area contributed by atoms with Crippen LogP contribution in [0.5, 0.6) is 0 Å². The van der Waals surface area contributed by atoms with Crippen molar-refractivity contribution < 1.29 is 14.7 Å². The number of carboxylic acids is 1. The van der Waals surface area contributed by atoms with E-state index < -0.39 is 11.9 Å². The van der Waals surface area contributed by atoms with Crippen molar-refractivity contribution in [1.82, 2.24) is 30.2 Å². The summed E-state index contributed by atoms with van der Waals surface area (Å²) in [5.74, 6) is -0.621. The van der Waals surface area contributed by atoms with Crippen LogP contribution in [0.25, 0.3) is 11.4 Å². The molecule has 1 aliphatic rings. The third kappa shape index (κ3) is 5.26.